The highest BCUT2D eigenvalue weighted by molar-refractivity contribution is 14.1. The van der Waals surface area contributed by atoms with E-state index in [4.69, 9.17) is 5.84 Å². The van der Waals surface area contributed by atoms with Crippen LogP contribution in [0.4, 0.5) is 0 Å². The first-order chi connectivity index (χ1) is 4.63. The third kappa shape index (κ3) is 1.23. The van der Waals surface area contributed by atoms with Gasteiger partial charge in [0.25, 0.3) is 0 Å². The summed E-state index contributed by atoms with van der Waals surface area (Å²) < 4.78 is 2.90. The monoisotopic (exact) mass is 249 g/mol. The molecule has 0 unspecified atom stereocenters. The summed E-state index contributed by atoms with van der Waals surface area (Å²) >= 11 is 2.27. The zero-order chi connectivity index (χ0) is 7.72. The average Bonchev–Trinajstić information content (AvgIpc) is 1.93. The van der Waals surface area contributed by atoms with Crippen LogP contribution < -0.4 is 10.5 Å². The standard InChI is InChI=1S/C7H10IN2/c1-5-3-4-7(8)6(2)10(5)9/h3-4H,9H2,1-2H3/q+1. The van der Waals surface area contributed by atoms with E-state index in [1.54, 1.807) is 4.68 Å². The van der Waals surface area contributed by atoms with Gasteiger partial charge in [0.05, 0.1) is 3.57 Å². The van der Waals surface area contributed by atoms with Crippen molar-refractivity contribution >= 4 is 22.6 Å². The number of nitrogens with two attached hydrogens (primary N) is 1. The van der Waals surface area contributed by atoms with Gasteiger partial charge < -0.3 is 0 Å². The highest BCUT2D eigenvalue weighted by Crippen LogP contribution is 2.05. The van der Waals surface area contributed by atoms with Crippen LogP contribution in [0.15, 0.2) is 12.1 Å². The van der Waals surface area contributed by atoms with E-state index in [0.29, 0.717) is 0 Å². The van der Waals surface area contributed by atoms with Crippen molar-refractivity contribution in [2.24, 2.45) is 0 Å². The van der Waals surface area contributed by atoms with Crippen LogP contribution in [0.25, 0.3) is 0 Å². The second-order valence-corrected chi connectivity index (χ2v) is 3.44. The van der Waals surface area contributed by atoms with Crippen LogP contribution in [-0.4, -0.2) is 0 Å². The minimum Gasteiger partial charge on any atom is -0.205 e. The summed E-state index contributed by atoms with van der Waals surface area (Å²) in [5, 5.41) is 0. The number of halogens is 1. The van der Waals surface area contributed by atoms with Gasteiger partial charge in [-0.3, -0.25) is 0 Å². The maximum Gasteiger partial charge on any atom is 0.221 e. The lowest BCUT2D eigenvalue weighted by Gasteiger charge is -1.96. The fourth-order valence-electron chi connectivity index (χ4n) is 0.774. The predicted octanol–water partition coefficient (Wildman–Crippen LogP) is 0.909. The van der Waals surface area contributed by atoms with E-state index in [9.17, 15) is 0 Å². The molecular formula is C7H10IN2+. The van der Waals surface area contributed by atoms with Crippen molar-refractivity contribution in [3.8, 4) is 0 Å². The van der Waals surface area contributed by atoms with Crippen LogP contribution >= 0.6 is 22.6 Å². The second kappa shape index (κ2) is 2.74. The zero-order valence-electron chi connectivity index (χ0n) is 6.06. The largest absolute Gasteiger partial charge is 0.221 e. The summed E-state index contributed by atoms with van der Waals surface area (Å²) in [6.07, 6.45) is 0. The minimum atomic E-state index is 1.08. The van der Waals surface area contributed by atoms with E-state index in [1.165, 1.54) is 3.57 Å². The number of nitrogen functional groups attached to an aromatic ring is 1. The van der Waals surface area contributed by atoms with Gasteiger partial charge in [0.15, 0.2) is 0 Å². The Kier molecular flexibility index (Phi) is 2.13. The topological polar surface area (TPSA) is 29.9 Å². The van der Waals surface area contributed by atoms with Gasteiger partial charge in [-0.25, -0.2) is 5.84 Å². The fraction of sp³-hybridized carbons (Fsp3) is 0.286. The number of hydrogen-bond acceptors (Lipinski definition) is 1. The van der Waals surface area contributed by atoms with Gasteiger partial charge in [0.1, 0.15) is 0 Å². The molecule has 2 nitrogen and oxygen atoms in total. The van der Waals surface area contributed by atoms with Crippen molar-refractivity contribution in [2.75, 3.05) is 5.84 Å². The molecule has 1 rings (SSSR count). The van der Waals surface area contributed by atoms with Gasteiger partial charge >= 0.3 is 0 Å². The molecule has 10 heavy (non-hydrogen) atoms. The SMILES string of the molecule is Cc1ccc(I)c(C)[n+]1N. The molecule has 54 valence electrons. The Morgan fingerprint density at radius 2 is 2.00 bits per heavy atom. The van der Waals surface area contributed by atoms with Gasteiger partial charge in [0, 0.05) is 19.9 Å². The van der Waals surface area contributed by atoms with Crippen LogP contribution in [0, 0.1) is 17.4 Å². The predicted molar refractivity (Wildman–Crippen MR) is 49.0 cm³/mol. The van der Waals surface area contributed by atoms with E-state index >= 15 is 0 Å². The molecule has 1 heterocycles. The molecule has 2 N–H and O–H groups in total. The molecule has 1 aromatic heterocycles. The quantitative estimate of drug-likeness (QED) is 0.413. The molecular weight excluding hydrogens is 239 g/mol. The zero-order valence-corrected chi connectivity index (χ0v) is 8.21. The number of nitrogens with zero attached hydrogens (tertiary/aromatic N) is 1. The van der Waals surface area contributed by atoms with E-state index in [-0.39, 0.29) is 0 Å². The van der Waals surface area contributed by atoms with Crippen molar-refractivity contribution in [3.05, 3.63) is 27.1 Å². The summed E-state index contributed by atoms with van der Waals surface area (Å²) in [6, 6.07) is 4.07. The molecule has 0 aromatic carbocycles. The first-order valence-corrected chi connectivity index (χ1v) is 4.13. The highest BCUT2D eigenvalue weighted by Gasteiger charge is 2.08. The van der Waals surface area contributed by atoms with Gasteiger partial charge in [-0.1, -0.05) is 4.68 Å². The molecule has 0 saturated heterocycles. The third-order valence-electron chi connectivity index (χ3n) is 1.56. The summed E-state index contributed by atoms with van der Waals surface area (Å²) in [5.74, 6) is 5.69. The van der Waals surface area contributed by atoms with E-state index in [1.807, 2.05) is 19.9 Å². The van der Waals surface area contributed by atoms with Gasteiger partial charge in [-0.05, 0) is 28.7 Å². The molecule has 0 aliphatic carbocycles. The first-order valence-electron chi connectivity index (χ1n) is 3.06. The van der Waals surface area contributed by atoms with Crippen molar-refractivity contribution in [1.82, 2.24) is 0 Å². The molecule has 0 bridgehead atoms. The van der Waals surface area contributed by atoms with Crippen LogP contribution in [0.1, 0.15) is 11.4 Å². The summed E-state index contributed by atoms with van der Waals surface area (Å²) in [5.41, 5.74) is 2.19. The highest BCUT2D eigenvalue weighted by atomic mass is 127. The van der Waals surface area contributed by atoms with E-state index < -0.39 is 0 Å². The summed E-state index contributed by atoms with van der Waals surface area (Å²) in [6.45, 7) is 4.00. The Hall–Kier alpha value is -0.320. The average molecular weight is 249 g/mol. The minimum absolute atomic E-state index is 1.08. The molecule has 0 aliphatic rings. The van der Waals surface area contributed by atoms with Crippen molar-refractivity contribution < 1.29 is 4.68 Å². The summed E-state index contributed by atoms with van der Waals surface area (Å²) in [4.78, 5) is 0. The lowest BCUT2D eigenvalue weighted by molar-refractivity contribution is -0.652. The molecule has 3 heteroatoms. The molecule has 1 aromatic rings. The van der Waals surface area contributed by atoms with Crippen molar-refractivity contribution in [1.29, 1.82) is 0 Å². The Morgan fingerprint density at radius 3 is 2.50 bits per heavy atom. The molecule has 0 radical (unpaired) electrons. The Labute approximate surface area is 74.2 Å². The lowest BCUT2D eigenvalue weighted by Crippen LogP contribution is -2.50. The number of hydrogen-bond donors (Lipinski definition) is 1. The molecule has 0 atom stereocenters. The molecule has 0 spiro atoms. The second-order valence-electron chi connectivity index (χ2n) is 2.28. The number of aromatic nitrogens is 1. The summed E-state index contributed by atoms with van der Waals surface area (Å²) in [7, 11) is 0. The van der Waals surface area contributed by atoms with Crippen LogP contribution in [0.3, 0.4) is 0 Å². The maximum absolute atomic E-state index is 5.69. The molecule has 0 aliphatic heterocycles. The van der Waals surface area contributed by atoms with Crippen molar-refractivity contribution in [3.63, 3.8) is 0 Å². The molecule has 0 saturated carbocycles. The van der Waals surface area contributed by atoms with Crippen LogP contribution in [0.2, 0.25) is 0 Å². The Morgan fingerprint density at radius 1 is 1.40 bits per heavy atom. The van der Waals surface area contributed by atoms with Gasteiger partial charge in [0.2, 0.25) is 11.4 Å². The number of aryl methyl sites for hydroxylation is 1. The van der Waals surface area contributed by atoms with Crippen LogP contribution in [-0.2, 0) is 0 Å². The Bertz CT molecular complexity index is 231. The normalized spacial score (nSPS) is 9.90. The lowest BCUT2D eigenvalue weighted by atomic mass is 10.3. The molecule has 0 amide bonds. The van der Waals surface area contributed by atoms with Gasteiger partial charge in [-0.15, -0.1) is 0 Å². The van der Waals surface area contributed by atoms with E-state index in [2.05, 4.69) is 28.7 Å². The molecule has 0 fully saturated rings. The van der Waals surface area contributed by atoms with Crippen molar-refractivity contribution in [2.45, 2.75) is 13.8 Å². The first kappa shape index (κ1) is 7.78. The van der Waals surface area contributed by atoms with E-state index in [0.717, 1.165) is 11.4 Å². The number of pyridine rings is 1. The Balaban J connectivity index is 3.34. The fourth-order valence-corrected chi connectivity index (χ4v) is 1.21. The smallest absolute Gasteiger partial charge is 0.205 e. The third-order valence-corrected chi connectivity index (χ3v) is 2.70. The number of rotatable bonds is 0. The van der Waals surface area contributed by atoms with Crippen LogP contribution in [0.5, 0.6) is 0 Å². The maximum atomic E-state index is 5.69. The van der Waals surface area contributed by atoms with Gasteiger partial charge in [-0.2, -0.15) is 0 Å².